The summed E-state index contributed by atoms with van der Waals surface area (Å²) in [6, 6.07) is 16.3. The summed E-state index contributed by atoms with van der Waals surface area (Å²) in [5.74, 6) is 1.93. The van der Waals surface area contributed by atoms with Crippen molar-refractivity contribution < 1.29 is 29.4 Å². The second-order valence-electron chi connectivity index (χ2n) is 17.7. The molecule has 0 unspecified atom stereocenters. The highest BCUT2D eigenvalue weighted by Crippen LogP contribution is 2.44. The van der Waals surface area contributed by atoms with Crippen molar-refractivity contribution in [3.8, 4) is 22.3 Å². The molecule has 0 spiro atoms. The zero-order valence-electron chi connectivity index (χ0n) is 38.2. The smallest absolute Gasteiger partial charge is 0.264 e. The van der Waals surface area contributed by atoms with Gasteiger partial charge in [0.05, 0.1) is 35.1 Å². The minimum absolute atomic E-state index is 0. The number of fused-ring (bicyclic) bond motifs is 2. The summed E-state index contributed by atoms with van der Waals surface area (Å²) in [4.78, 5) is 19.6. The molecule has 360 valence electrons. The Bertz CT molecular complexity index is 2940. The van der Waals surface area contributed by atoms with Gasteiger partial charge < -0.3 is 30.8 Å². The Morgan fingerprint density at radius 3 is 1.47 bits per heavy atom. The van der Waals surface area contributed by atoms with Crippen LogP contribution in [-0.2, 0) is 46.8 Å². The number of nitrogens with zero attached hydrogens (tertiary/aromatic N) is 7. The topological polar surface area (TPSA) is 240 Å². The number of hydrogen-bond acceptors (Lipinski definition) is 15. The van der Waals surface area contributed by atoms with E-state index in [1.54, 1.807) is 0 Å². The first-order valence-corrected chi connectivity index (χ1v) is 27.4. The van der Waals surface area contributed by atoms with Crippen molar-refractivity contribution in [2.45, 2.75) is 58.0 Å². The summed E-state index contributed by atoms with van der Waals surface area (Å²) < 4.78 is 77.9. The summed E-state index contributed by atoms with van der Waals surface area (Å²) in [7, 11) is -1.54. The molecule has 4 heterocycles. The van der Waals surface area contributed by atoms with Crippen LogP contribution in [0.5, 0.6) is 0 Å². The number of aromatic nitrogens is 6. The molecular weight excluding hydrogens is 901 g/mol. The fourth-order valence-electron chi connectivity index (χ4n) is 8.48. The number of sulfone groups is 2. The molecule has 2 saturated carbocycles. The summed E-state index contributed by atoms with van der Waals surface area (Å²) in [5.41, 5.74) is 19.8. The second-order valence-corrected chi connectivity index (χ2v) is 23.9. The van der Waals surface area contributed by atoms with E-state index in [1.807, 2.05) is 68.8 Å². The van der Waals surface area contributed by atoms with Crippen molar-refractivity contribution in [1.29, 1.82) is 0 Å². The van der Waals surface area contributed by atoms with Gasteiger partial charge >= 0.3 is 0 Å². The normalized spacial score (nSPS) is 18.4. The number of rotatable bonds is 15. The van der Waals surface area contributed by atoms with Crippen LogP contribution in [0.1, 0.15) is 56.3 Å². The maximum atomic E-state index is 11.6. The summed E-state index contributed by atoms with van der Waals surface area (Å²) in [6.45, 7) is 1.28. The lowest BCUT2D eigenvalue weighted by atomic mass is 9.80. The van der Waals surface area contributed by atoms with E-state index in [9.17, 15) is 25.3 Å². The standard InChI is InChI=1S/C22H29N5O2S.C21H26N4O5S2.C2H7N.CH4/c1-26(2)12-16-10-18(11-16)27-13-19(20-21(23)24-14-25-22(20)27)17-6-4-5-15(9-17)7-8-30(3,28)29;1-31(26,27)7-6-14-4-3-5-16(8-14)18-11-25(21-19(18)20(22)23-13-24-21)17-9-15(10-17)12-30-32(2,28)29;1-3-2;/h4-6,9,13-14,16,18H,7-8,10-12H2,1-3H3,(H2,23,24,25);3-5,8,11,13,15,17H,6-7,9-10,12H2,1-2H3,(H2,22,23,24);3H,1-2H3;1H4. The van der Waals surface area contributed by atoms with Gasteiger partial charge in [-0.25, -0.2) is 36.8 Å². The number of anilines is 2. The molecule has 0 atom stereocenters. The first kappa shape index (κ1) is 52.0. The molecule has 0 aliphatic heterocycles. The zero-order valence-corrected chi connectivity index (χ0v) is 40.6. The van der Waals surface area contributed by atoms with E-state index in [2.05, 4.69) is 59.6 Å². The van der Waals surface area contributed by atoms with Crippen molar-refractivity contribution in [2.24, 2.45) is 11.8 Å². The lowest BCUT2D eigenvalue weighted by Gasteiger charge is -2.38. The van der Waals surface area contributed by atoms with Gasteiger partial charge in [-0.05, 0) is 101 Å². The Morgan fingerprint density at radius 2 is 1.09 bits per heavy atom. The van der Waals surface area contributed by atoms with Crippen molar-refractivity contribution in [3.63, 3.8) is 0 Å². The van der Waals surface area contributed by atoms with Crippen LogP contribution in [0.2, 0.25) is 0 Å². The summed E-state index contributed by atoms with van der Waals surface area (Å²) in [5, 5.41) is 4.37. The average Bonchev–Trinajstić information content (AvgIpc) is 3.78. The summed E-state index contributed by atoms with van der Waals surface area (Å²) in [6.07, 6.45) is 15.4. The Hall–Kier alpha value is -4.99. The lowest BCUT2D eigenvalue weighted by Crippen LogP contribution is -2.33. The number of aryl methyl sites for hydroxylation is 2. The van der Waals surface area contributed by atoms with E-state index in [4.69, 9.17) is 15.7 Å². The fraction of sp³-hybridized carbons (Fsp3) is 0.478. The molecule has 2 aliphatic rings. The Balaban J connectivity index is 0.000000231. The van der Waals surface area contributed by atoms with E-state index < -0.39 is 29.8 Å². The van der Waals surface area contributed by atoms with Gasteiger partial charge in [0.15, 0.2) is 0 Å². The highest BCUT2D eigenvalue weighted by Gasteiger charge is 2.34. The molecule has 4 aromatic heterocycles. The molecule has 2 fully saturated rings. The Kier molecular flexibility index (Phi) is 17.1. The quantitative estimate of drug-likeness (QED) is 0.109. The van der Waals surface area contributed by atoms with Crippen LogP contribution in [0.3, 0.4) is 0 Å². The number of benzene rings is 2. The van der Waals surface area contributed by atoms with Gasteiger partial charge in [0.2, 0.25) is 0 Å². The number of nitrogens with one attached hydrogen (secondary N) is 1. The molecule has 5 N–H and O–H groups in total. The molecule has 17 nitrogen and oxygen atoms in total. The van der Waals surface area contributed by atoms with Crippen LogP contribution < -0.4 is 16.8 Å². The monoisotopic (exact) mass is 966 g/mol. The second kappa shape index (κ2) is 21.8. The van der Waals surface area contributed by atoms with Crippen LogP contribution in [0.25, 0.3) is 44.3 Å². The highest BCUT2D eigenvalue weighted by atomic mass is 32.2. The van der Waals surface area contributed by atoms with Gasteiger partial charge in [0.25, 0.3) is 10.1 Å². The largest absolute Gasteiger partial charge is 0.383 e. The van der Waals surface area contributed by atoms with Gasteiger partial charge in [-0.1, -0.05) is 56.0 Å². The maximum absolute atomic E-state index is 11.6. The molecule has 0 saturated heterocycles. The van der Waals surface area contributed by atoms with Gasteiger partial charge in [0.1, 0.15) is 55.3 Å². The minimum Gasteiger partial charge on any atom is -0.383 e. The SMILES string of the molecule is C.CN(C)CC1CC(n2cc(-c3cccc(CCS(C)(=O)=O)c3)c3c(N)ncnc32)C1.CNC.CS(=O)(=O)CCc1cccc(-c2cn(C3CC(COS(C)(=O)=O)C3)c3ncnc(N)c23)c1. The molecule has 2 aliphatic carbocycles. The van der Waals surface area contributed by atoms with Gasteiger partial charge in [-0.2, -0.15) is 8.42 Å². The van der Waals surface area contributed by atoms with Gasteiger partial charge in [0, 0.05) is 54.7 Å². The lowest BCUT2D eigenvalue weighted by molar-refractivity contribution is 0.131. The van der Waals surface area contributed by atoms with Crippen LogP contribution in [0.15, 0.2) is 73.6 Å². The van der Waals surface area contributed by atoms with E-state index in [1.165, 1.54) is 25.2 Å². The molecule has 0 bridgehead atoms. The molecule has 8 rings (SSSR count). The molecule has 2 aromatic carbocycles. The maximum Gasteiger partial charge on any atom is 0.264 e. The average molecular weight is 967 g/mol. The third-order valence-electron chi connectivity index (χ3n) is 11.6. The van der Waals surface area contributed by atoms with E-state index in [0.29, 0.717) is 36.4 Å². The van der Waals surface area contributed by atoms with Crippen molar-refractivity contribution in [2.75, 3.05) is 83.1 Å². The molecule has 66 heavy (non-hydrogen) atoms. The molecule has 0 radical (unpaired) electrons. The zero-order chi connectivity index (χ0) is 47.3. The van der Waals surface area contributed by atoms with E-state index in [-0.39, 0.29) is 37.5 Å². The first-order chi connectivity index (χ1) is 30.6. The Labute approximate surface area is 390 Å². The molecule has 20 heteroatoms. The predicted octanol–water partition coefficient (Wildman–Crippen LogP) is 5.45. The summed E-state index contributed by atoms with van der Waals surface area (Å²) >= 11 is 0. The Morgan fingerprint density at radius 1 is 0.682 bits per heavy atom. The minimum atomic E-state index is -3.45. The van der Waals surface area contributed by atoms with Crippen LogP contribution >= 0.6 is 0 Å². The van der Waals surface area contributed by atoms with Crippen LogP contribution in [0, 0.1) is 11.8 Å². The van der Waals surface area contributed by atoms with Crippen LogP contribution in [-0.4, -0.2) is 131 Å². The number of nitrogens with two attached hydrogens (primary N) is 2. The third-order valence-corrected chi connectivity index (χ3v) is 14.1. The van der Waals surface area contributed by atoms with Gasteiger partial charge in [-0.3, -0.25) is 4.18 Å². The van der Waals surface area contributed by atoms with E-state index in [0.717, 1.165) is 93.9 Å². The van der Waals surface area contributed by atoms with Crippen LogP contribution in [0.4, 0.5) is 11.6 Å². The van der Waals surface area contributed by atoms with Crippen molar-refractivity contribution in [3.05, 3.63) is 84.7 Å². The molecule has 6 aromatic rings. The molecule has 0 amide bonds. The van der Waals surface area contributed by atoms with Crippen molar-refractivity contribution >= 4 is 63.5 Å². The third kappa shape index (κ3) is 13.6. The highest BCUT2D eigenvalue weighted by molar-refractivity contribution is 7.90. The first-order valence-electron chi connectivity index (χ1n) is 21.5. The number of hydrogen-bond donors (Lipinski definition) is 3. The predicted molar refractivity (Wildman–Crippen MR) is 266 cm³/mol. The number of nitrogen functional groups attached to an aromatic ring is 2. The van der Waals surface area contributed by atoms with Gasteiger partial charge in [-0.15, -0.1) is 0 Å². The van der Waals surface area contributed by atoms with Crippen molar-refractivity contribution in [1.82, 2.24) is 39.3 Å². The fourth-order valence-corrected chi connectivity index (χ4v) is 10.1. The molecular formula is C46H66N10O7S3. The van der Waals surface area contributed by atoms with E-state index >= 15 is 0 Å².